The standard InChI is InChI=1S/C15H12FN3O/c16-12-5-1-2-6-13(12)18-15(20)9-11-10-19-8-4-3-7-14(19)17-11/h1-8,10H,9H2,(H,18,20). The average Bonchev–Trinajstić information content (AvgIpc) is 2.83. The van der Waals surface area contributed by atoms with Crippen LogP contribution in [0.4, 0.5) is 10.1 Å². The van der Waals surface area contributed by atoms with Crippen molar-refractivity contribution >= 4 is 17.2 Å². The molecule has 0 fully saturated rings. The summed E-state index contributed by atoms with van der Waals surface area (Å²) in [6.45, 7) is 0. The summed E-state index contributed by atoms with van der Waals surface area (Å²) in [4.78, 5) is 16.2. The van der Waals surface area contributed by atoms with Gasteiger partial charge < -0.3 is 9.72 Å². The highest BCUT2D eigenvalue weighted by atomic mass is 19.1. The van der Waals surface area contributed by atoms with Gasteiger partial charge in [-0.2, -0.15) is 0 Å². The Morgan fingerprint density at radius 2 is 2.00 bits per heavy atom. The van der Waals surface area contributed by atoms with Gasteiger partial charge in [-0.1, -0.05) is 18.2 Å². The topological polar surface area (TPSA) is 46.4 Å². The zero-order valence-electron chi connectivity index (χ0n) is 10.6. The minimum Gasteiger partial charge on any atom is -0.323 e. The fourth-order valence-corrected chi connectivity index (χ4v) is 1.99. The highest BCUT2D eigenvalue weighted by Gasteiger charge is 2.09. The monoisotopic (exact) mass is 269 g/mol. The van der Waals surface area contributed by atoms with E-state index < -0.39 is 5.82 Å². The van der Waals surface area contributed by atoms with Crippen LogP contribution >= 0.6 is 0 Å². The summed E-state index contributed by atoms with van der Waals surface area (Å²) in [5, 5.41) is 2.54. The molecule has 0 bridgehead atoms. The Morgan fingerprint density at radius 1 is 1.20 bits per heavy atom. The number of aromatic nitrogens is 2. The Morgan fingerprint density at radius 3 is 2.80 bits per heavy atom. The fourth-order valence-electron chi connectivity index (χ4n) is 1.99. The molecule has 4 nitrogen and oxygen atoms in total. The Labute approximate surface area is 114 Å². The molecule has 0 saturated carbocycles. The van der Waals surface area contributed by atoms with Crippen LogP contribution in [-0.4, -0.2) is 15.3 Å². The number of anilines is 1. The molecule has 1 N–H and O–H groups in total. The first-order valence-corrected chi connectivity index (χ1v) is 6.19. The number of pyridine rings is 1. The van der Waals surface area contributed by atoms with Crippen molar-refractivity contribution in [2.75, 3.05) is 5.32 Å². The second-order valence-electron chi connectivity index (χ2n) is 4.40. The third-order valence-corrected chi connectivity index (χ3v) is 2.90. The molecule has 0 aliphatic carbocycles. The number of amides is 1. The van der Waals surface area contributed by atoms with Crippen LogP contribution in [0.15, 0.2) is 54.9 Å². The van der Waals surface area contributed by atoms with E-state index in [0.29, 0.717) is 5.69 Å². The lowest BCUT2D eigenvalue weighted by molar-refractivity contribution is -0.115. The molecule has 0 unspecified atom stereocenters. The summed E-state index contributed by atoms with van der Waals surface area (Å²) >= 11 is 0. The lowest BCUT2D eigenvalue weighted by Gasteiger charge is -2.04. The molecule has 2 aromatic heterocycles. The normalized spacial score (nSPS) is 10.7. The highest BCUT2D eigenvalue weighted by Crippen LogP contribution is 2.13. The SMILES string of the molecule is O=C(Cc1cn2ccccc2n1)Nc1ccccc1F. The van der Waals surface area contributed by atoms with Crippen LogP contribution < -0.4 is 5.32 Å². The van der Waals surface area contributed by atoms with Crippen molar-refractivity contribution in [3.05, 3.63) is 66.4 Å². The van der Waals surface area contributed by atoms with Crippen LogP contribution in [0.3, 0.4) is 0 Å². The first kappa shape index (κ1) is 12.3. The maximum Gasteiger partial charge on any atom is 0.230 e. The summed E-state index contributed by atoms with van der Waals surface area (Å²) in [7, 11) is 0. The van der Waals surface area contributed by atoms with Crippen molar-refractivity contribution in [2.45, 2.75) is 6.42 Å². The van der Waals surface area contributed by atoms with Gasteiger partial charge in [-0.25, -0.2) is 9.37 Å². The van der Waals surface area contributed by atoms with Crippen LogP contribution in [0.1, 0.15) is 5.69 Å². The van der Waals surface area contributed by atoms with Crippen molar-refractivity contribution in [1.29, 1.82) is 0 Å². The zero-order chi connectivity index (χ0) is 13.9. The molecule has 20 heavy (non-hydrogen) atoms. The number of carbonyl (C=O) groups excluding carboxylic acids is 1. The molecule has 0 radical (unpaired) electrons. The van der Waals surface area contributed by atoms with Gasteiger partial charge in [0.2, 0.25) is 5.91 Å². The predicted molar refractivity (Wildman–Crippen MR) is 73.9 cm³/mol. The number of fused-ring (bicyclic) bond motifs is 1. The number of hydrogen-bond acceptors (Lipinski definition) is 2. The van der Waals surface area contributed by atoms with E-state index in [1.807, 2.05) is 28.8 Å². The van der Waals surface area contributed by atoms with Crippen molar-refractivity contribution < 1.29 is 9.18 Å². The van der Waals surface area contributed by atoms with Gasteiger partial charge >= 0.3 is 0 Å². The van der Waals surface area contributed by atoms with Gasteiger partial charge in [-0.15, -0.1) is 0 Å². The maximum atomic E-state index is 13.4. The Hall–Kier alpha value is -2.69. The van der Waals surface area contributed by atoms with E-state index in [0.717, 1.165) is 5.65 Å². The van der Waals surface area contributed by atoms with Gasteiger partial charge in [0, 0.05) is 12.4 Å². The van der Waals surface area contributed by atoms with Crippen molar-refractivity contribution in [3.8, 4) is 0 Å². The Balaban J connectivity index is 1.74. The number of carbonyl (C=O) groups is 1. The number of imidazole rings is 1. The molecule has 3 rings (SSSR count). The maximum absolute atomic E-state index is 13.4. The van der Waals surface area contributed by atoms with Gasteiger partial charge in [-0.05, 0) is 24.3 Å². The molecule has 100 valence electrons. The quantitative estimate of drug-likeness (QED) is 0.794. The van der Waals surface area contributed by atoms with E-state index in [4.69, 9.17) is 0 Å². The van der Waals surface area contributed by atoms with E-state index in [1.54, 1.807) is 18.3 Å². The summed E-state index contributed by atoms with van der Waals surface area (Å²) < 4.78 is 15.3. The number of nitrogens with zero attached hydrogens (tertiary/aromatic N) is 2. The molecule has 3 aromatic rings. The molecule has 1 aromatic carbocycles. The van der Waals surface area contributed by atoms with Crippen LogP contribution in [-0.2, 0) is 11.2 Å². The molecular formula is C15H12FN3O. The molecule has 0 atom stereocenters. The van der Waals surface area contributed by atoms with Gasteiger partial charge in [0.25, 0.3) is 0 Å². The van der Waals surface area contributed by atoms with Crippen molar-refractivity contribution in [2.24, 2.45) is 0 Å². The van der Waals surface area contributed by atoms with Gasteiger partial charge in [-0.3, -0.25) is 4.79 Å². The number of halogens is 1. The fraction of sp³-hybridized carbons (Fsp3) is 0.0667. The molecular weight excluding hydrogens is 257 g/mol. The molecule has 5 heteroatoms. The lowest BCUT2D eigenvalue weighted by Crippen LogP contribution is -2.15. The van der Waals surface area contributed by atoms with Gasteiger partial charge in [0.15, 0.2) is 0 Å². The van der Waals surface area contributed by atoms with E-state index >= 15 is 0 Å². The van der Waals surface area contributed by atoms with Crippen LogP contribution in [0.25, 0.3) is 5.65 Å². The van der Waals surface area contributed by atoms with Crippen LogP contribution in [0.5, 0.6) is 0 Å². The lowest BCUT2D eigenvalue weighted by atomic mass is 10.2. The zero-order valence-corrected chi connectivity index (χ0v) is 10.6. The molecule has 0 saturated heterocycles. The predicted octanol–water partition coefficient (Wildman–Crippen LogP) is 2.65. The third-order valence-electron chi connectivity index (χ3n) is 2.90. The summed E-state index contributed by atoms with van der Waals surface area (Å²) in [5.74, 6) is -0.741. The minimum absolute atomic E-state index is 0.107. The molecule has 0 aliphatic rings. The smallest absolute Gasteiger partial charge is 0.230 e. The largest absolute Gasteiger partial charge is 0.323 e. The second-order valence-corrected chi connectivity index (χ2v) is 4.40. The van der Waals surface area contributed by atoms with E-state index in [2.05, 4.69) is 10.3 Å². The van der Waals surface area contributed by atoms with Crippen molar-refractivity contribution in [3.63, 3.8) is 0 Å². The van der Waals surface area contributed by atoms with Gasteiger partial charge in [0.05, 0.1) is 17.8 Å². The molecule has 1 amide bonds. The van der Waals surface area contributed by atoms with E-state index in [9.17, 15) is 9.18 Å². The van der Waals surface area contributed by atoms with E-state index in [1.165, 1.54) is 12.1 Å². The minimum atomic E-state index is -0.448. The van der Waals surface area contributed by atoms with Gasteiger partial charge in [0.1, 0.15) is 11.5 Å². The van der Waals surface area contributed by atoms with Crippen LogP contribution in [0.2, 0.25) is 0 Å². The van der Waals surface area contributed by atoms with Crippen LogP contribution in [0, 0.1) is 5.82 Å². The van der Waals surface area contributed by atoms with E-state index in [-0.39, 0.29) is 18.0 Å². The third kappa shape index (κ3) is 2.51. The average molecular weight is 269 g/mol. The Kier molecular flexibility index (Phi) is 3.16. The van der Waals surface area contributed by atoms with Crippen molar-refractivity contribution in [1.82, 2.24) is 9.38 Å². The highest BCUT2D eigenvalue weighted by molar-refractivity contribution is 5.92. The number of rotatable bonds is 3. The summed E-state index contributed by atoms with van der Waals surface area (Å²) in [6, 6.07) is 11.7. The number of benzene rings is 1. The molecule has 2 heterocycles. The first-order valence-electron chi connectivity index (χ1n) is 6.19. The summed E-state index contributed by atoms with van der Waals surface area (Å²) in [5.41, 5.74) is 1.60. The number of para-hydroxylation sites is 1. The molecule has 0 spiro atoms. The molecule has 0 aliphatic heterocycles. The summed E-state index contributed by atoms with van der Waals surface area (Å²) in [6.07, 6.45) is 3.76. The first-order chi connectivity index (χ1) is 9.72. The Bertz CT molecular complexity index is 733. The number of hydrogen-bond donors (Lipinski definition) is 1. The second kappa shape index (κ2) is 5.13. The number of nitrogens with one attached hydrogen (secondary N) is 1.